The number of carbonyl (C=O) groups excluding carboxylic acids is 1. The quantitative estimate of drug-likeness (QED) is 0.634. The van der Waals surface area contributed by atoms with Crippen LogP contribution in [0.2, 0.25) is 0 Å². The first-order valence-corrected chi connectivity index (χ1v) is 11.6. The number of ether oxygens (including phenoxy) is 2. The van der Waals surface area contributed by atoms with Crippen molar-refractivity contribution in [3.8, 4) is 11.5 Å². The van der Waals surface area contributed by atoms with Crippen LogP contribution in [0.1, 0.15) is 55.4 Å². The lowest BCUT2D eigenvalue weighted by Gasteiger charge is -2.53. The summed E-state index contributed by atoms with van der Waals surface area (Å²) in [7, 11) is 3.51. The van der Waals surface area contributed by atoms with Crippen molar-refractivity contribution in [2.24, 2.45) is 0 Å². The summed E-state index contributed by atoms with van der Waals surface area (Å²) in [5, 5.41) is 0. The number of alkyl halides is 3. The summed E-state index contributed by atoms with van der Waals surface area (Å²) in [5.41, 5.74) is 0.0439. The summed E-state index contributed by atoms with van der Waals surface area (Å²) in [5.74, 6) is 0.944. The molecule has 1 aromatic carbocycles. The summed E-state index contributed by atoms with van der Waals surface area (Å²) >= 11 is 0. The van der Waals surface area contributed by atoms with Gasteiger partial charge in [-0.1, -0.05) is 0 Å². The van der Waals surface area contributed by atoms with Gasteiger partial charge in [0, 0.05) is 36.9 Å². The van der Waals surface area contributed by atoms with Crippen LogP contribution in [0.5, 0.6) is 11.5 Å². The van der Waals surface area contributed by atoms with E-state index in [-0.39, 0.29) is 18.1 Å². The fourth-order valence-electron chi connectivity index (χ4n) is 5.33. The van der Waals surface area contributed by atoms with Crippen molar-refractivity contribution in [2.45, 2.75) is 64.0 Å². The number of halogens is 3. The highest BCUT2D eigenvalue weighted by atomic mass is 19.4. The summed E-state index contributed by atoms with van der Waals surface area (Å²) < 4.78 is 53.4. The van der Waals surface area contributed by atoms with Gasteiger partial charge in [-0.25, -0.2) is 0 Å². The van der Waals surface area contributed by atoms with E-state index in [9.17, 15) is 18.0 Å². The van der Waals surface area contributed by atoms with E-state index in [1.165, 1.54) is 17.7 Å². The monoisotopic (exact) mass is 479 g/mol. The molecule has 0 N–H and O–H groups in total. The van der Waals surface area contributed by atoms with Gasteiger partial charge in [-0.15, -0.1) is 0 Å². The number of methoxy groups -OCH3 is 1. The second kappa shape index (κ2) is 8.83. The lowest BCUT2D eigenvalue weighted by molar-refractivity contribution is -0.145. The number of rotatable bonds is 4. The molecule has 0 bridgehead atoms. The maximum atomic E-state index is 13.6. The van der Waals surface area contributed by atoms with Crippen molar-refractivity contribution >= 4 is 5.91 Å². The van der Waals surface area contributed by atoms with Gasteiger partial charge in [0.15, 0.2) is 11.5 Å². The standard InChI is InChI=1S/C25H32F3N3O3/c1-16(2)34-19-7-6-18(14-20(19)33-5)23(32)30-12-10-24(11-13-30)21-8-9-22(25(26,27)28)31(21)15-17(3)29(24)4/h6-9,14,16-17H,10-13,15H2,1-5H3. The molecular formula is C25H32F3N3O3. The van der Waals surface area contributed by atoms with Crippen LogP contribution in [0.15, 0.2) is 30.3 Å². The number of hydrogen-bond donors (Lipinski definition) is 0. The Morgan fingerprint density at radius 1 is 1.12 bits per heavy atom. The topological polar surface area (TPSA) is 46.9 Å². The Morgan fingerprint density at radius 2 is 1.79 bits per heavy atom. The predicted molar refractivity (Wildman–Crippen MR) is 122 cm³/mol. The second-order valence-electron chi connectivity index (χ2n) is 9.53. The van der Waals surface area contributed by atoms with Crippen LogP contribution < -0.4 is 9.47 Å². The molecule has 1 aromatic heterocycles. The Bertz CT molecular complexity index is 1060. The van der Waals surface area contributed by atoms with Crippen molar-refractivity contribution in [2.75, 3.05) is 27.2 Å². The highest BCUT2D eigenvalue weighted by Gasteiger charge is 2.49. The normalized spacial score (nSPS) is 20.5. The van der Waals surface area contributed by atoms with E-state index in [1.54, 1.807) is 29.2 Å². The van der Waals surface area contributed by atoms with Crippen molar-refractivity contribution in [1.29, 1.82) is 0 Å². The van der Waals surface area contributed by atoms with Crippen molar-refractivity contribution < 1.29 is 27.4 Å². The van der Waals surface area contributed by atoms with Crippen LogP contribution >= 0.6 is 0 Å². The molecule has 9 heteroatoms. The van der Waals surface area contributed by atoms with Gasteiger partial charge < -0.3 is 18.9 Å². The number of piperidine rings is 1. The number of benzene rings is 1. The predicted octanol–water partition coefficient (Wildman–Crippen LogP) is 4.77. The third-order valence-electron chi connectivity index (χ3n) is 7.18. The first-order chi connectivity index (χ1) is 16.0. The van der Waals surface area contributed by atoms with Gasteiger partial charge in [-0.3, -0.25) is 9.69 Å². The van der Waals surface area contributed by atoms with Gasteiger partial charge in [-0.2, -0.15) is 13.2 Å². The van der Waals surface area contributed by atoms with E-state index in [0.29, 0.717) is 55.2 Å². The summed E-state index contributed by atoms with van der Waals surface area (Å²) in [4.78, 5) is 17.2. The number of hydrogen-bond acceptors (Lipinski definition) is 4. The van der Waals surface area contributed by atoms with Crippen molar-refractivity contribution in [3.05, 3.63) is 47.3 Å². The molecule has 1 fully saturated rings. The molecule has 186 valence electrons. The van der Waals surface area contributed by atoms with Gasteiger partial charge >= 0.3 is 6.18 Å². The maximum absolute atomic E-state index is 13.6. The summed E-state index contributed by atoms with van der Waals surface area (Å²) in [6.07, 6.45) is -3.30. The number of likely N-dealkylation sites (N-methyl/N-ethyl adjacent to an activating group) is 1. The number of likely N-dealkylation sites (tertiary alicyclic amines) is 1. The molecule has 0 saturated carbocycles. The van der Waals surface area contributed by atoms with Gasteiger partial charge in [-0.05, 0) is 71.0 Å². The Labute approximate surface area is 198 Å². The van der Waals surface area contributed by atoms with Crippen LogP contribution in [0.4, 0.5) is 13.2 Å². The third kappa shape index (κ3) is 4.15. The molecule has 34 heavy (non-hydrogen) atoms. The molecule has 1 spiro atoms. The first-order valence-electron chi connectivity index (χ1n) is 11.6. The fourth-order valence-corrected chi connectivity index (χ4v) is 5.33. The van der Waals surface area contributed by atoms with Gasteiger partial charge in [0.05, 0.1) is 18.8 Å². The van der Waals surface area contributed by atoms with Crippen molar-refractivity contribution in [3.63, 3.8) is 0 Å². The number of amides is 1. The van der Waals surface area contributed by atoms with E-state index in [4.69, 9.17) is 9.47 Å². The lowest BCUT2D eigenvalue weighted by Crippen LogP contribution is -2.59. The molecule has 3 heterocycles. The van der Waals surface area contributed by atoms with Crippen LogP contribution in [-0.4, -0.2) is 59.7 Å². The van der Waals surface area contributed by atoms with E-state index >= 15 is 0 Å². The maximum Gasteiger partial charge on any atom is 0.431 e. The molecule has 2 aliphatic heterocycles. The summed E-state index contributed by atoms with van der Waals surface area (Å²) in [6, 6.07) is 7.89. The molecule has 2 aliphatic rings. The minimum absolute atomic E-state index is 0.0274. The molecule has 1 atom stereocenters. The van der Waals surface area contributed by atoms with E-state index in [1.807, 2.05) is 27.8 Å². The molecule has 1 saturated heterocycles. The van der Waals surface area contributed by atoms with Crippen LogP contribution in [0, 0.1) is 0 Å². The second-order valence-corrected chi connectivity index (χ2v) is 9.53. The molecule has 2 aromatic rings. The molecular weight excluding hydrogens is 447 g/mol. The zero-order chi connectivity index (χ0) is 24.8. The smallest absolute Gasteiger partial charge is 0.431 e. The average Bonchev–Trinajstić information content (AvgIpc) is 3.22. The van der Waals surface area contributed by atoms with Crippen LogP contribution in [0.3, 0.4) is 0 Å². The minimum atomic E-state index is -4.39. The molecule has 4 rings (SSSR count). The SMILES string of the molecule is COc1cc(C(=O)N2CCC3(CC2)c2ccc(C(F)(F)F)n2CC(C)N3C)ccc1OC(C)C. The Morgan fingerprint density at radius 3 is 2.38 bits per heavy atom. The van der Waals surface area contributed by atoms with E-state index < -0.39 is 17.4 Å². The largest absolute Gasteiger partial charge is 0.493 e. The Kier molecular flexibility index (Phi) is 6.35. The molecule has 6 nitrogen and oxygen atoms in total. The third-order valence-corrected chi connectivity index (χ3v) is 7.18. The van der Waals surface area contributed by atoms with Crippen LogP contribution in [0.25, 0.3) is 0 Å². The van der Waals surface area contributed by atoms with E-state index in [0.717, 1.165) is 0 Å². The molecule has 0 radical (unpaired) electrons. The minimum Gasteiger partial charge on any atom is -0.493 e. The van der Waals surface area contributed by atoms with Crippen molar-refractivity contribution in [1.82, 2.24) is 14.4 Å². The van der Waals surface area contributed by atoms with Gasteiger partial charge in [0.25, 0.3) is 5.91 Å². The zero-order valence-electron chi connectivity index (χ0n) is 20.3. The average molecular weight is 480 g/mol. The number of carbonyl (C=O) groups is 1. The summed E-state index contributed by atoms with van der Waals surface area (Å²) in [6.45, 7) is 6.99. The van der Waals surface area contributed by atoms with Gasteiger partial charge in [0.2, 0.25) is 0 Å². The molecule has 1 amide bonds. The molecule has 1 unspecified atom stereocenters. The number of nitrogens with zero attached hydrogens (tertiary/aromatic N) is 3. The van der Waals surface area contributed by atoms with Crippen LogP contribution in [-0.2, 0) is 18.3 Å². The number of aromatic nitrogens is 1. The lowest BCUT2D eigenvalue weighted by atomic mass is 9.80. The zero-order valence-corrected chi connectivity index (χ0v) is 20.3. The number of fused-ring (bicyclic) bond motifs is 2. The van der Waals surface area contributed by atoms with E-state index in [2.05, 4.69) is 4.90 Å². The highest BCUT2D eigenvalue weighted by molar-refractivity contribution is 5.95. The fraction of sp³-hybridized carbons (Fsp3) is 0.560. The highest BCUT2D eigenvalue weighted by Crippen LogP contribution is 2.45. The first kappa shape index (κ1) is 24.4. The Hall–Kier alpha value is -2.68. The Balaban J connectivity index is 1.56. The van der Waals surface area contributed by atoms with Gasteiger partial charge in [0.1, 0.15) is 5.69 Å². The molecule has 0 aliphatic carbocycles.